The van der Waals surface area contributed by atoms with Crippen LogP contribution >= 0.6 is 27.7 Å². The Labute approximate surface area is 138 Å². The number of benzene rings is 1. The number of aromatic nitrogens is 1. The SMILES string of the molecule is CNC(CSc1cccc(Br)c1)C1CCc2cccnc21. The van der Waals surface area contributed by atoms with Crippen LogP contribution in [-0.2, 0) is 6.42 Å². The lowest BCUT2D eigenvalue weighted by atomic mass is 9.98. The molecule has 2 nitrogen and oxygen atoms in total. The van der Waals surface area contributed by atoms with Crippen LogP contribution in [0.2, 0.25) is 0 Å². The lowest BCUT2D eigenvalue weighted by Gasteiger charge is -2.23. The highest BCUT2D eigenvalue weighted by Gasteiger charge is 2.29. The molecule has 2 aromatic rings. The second-order valence-electron chi connectivity index (χ2n) is 5.36. The first kappa shape index (κ1) is 15.1. The summed E-state index contributed by atoms with van der Waals surface area (Å²) in [5.74, 6) is 1.60. The van der Waals surface area contributed by atoms with Gasteiger partial charge in [-0.15, -0.1) is 11.8 Å². The number of halogens is 1. The van der Waals surface area contributed by atoms with Crippen molar-refractivity contribution < 1.29 is 0 Å². The van der Waals surface area contributed by atoms with Crippen molar-refractivity contribution in [3.8, 4) is 0 Å². The average Bonchev–Trinajstić information content (AvgIpc) is 2.92. The van der Waals surface area contributed by atoms with Crippen LogP contribution in [0.5, 0.6) is 0 Å². The zero-order valence-corrected chi connectivity index (χ0v) is 14.5. The van der Waals surface area contributed by atoms with Crippen LogP contribution in [0.1, 0.15) is 23.6 Å². The highest BCUT2D eigenvalue weighted by atomic mass is 79.9. The fourth-order valence-corrected chi connectivity index (χ4v) is 4.69. The summed E-state index contributed by atoms with van der Waals surface area (Å²) >= 11 is 5.44. The highest BCUT2D eigenvalue weighted by Crippen LogP contribution is 2.35. The smallest absolute Gasteiger partial charge is 0.0482 e. The minimum absolute atomic E-state index is 0.463. The molecule has 1 heterocycles. The van der Waals surface area contributed by atoms with Crippen LogP contribution < -0.4 is 5.32 Å². The molecule has 0 spiro atoms. The molecule has 0 bridgehead atoms. The molecule has 0 aliphatic heterocycles. The number of aryl methyl sites for hydroxylation is 1. The molecule has 1 aliphatic carbocycles. The van der Waals surface area contributed by atoms with Gasteiger partial charge in [-0.05, 0) is 49.7 Å². The van der Waals surface area contributed by atoms with Gasteiger partial charge in [-0.25, -0.2) is 0 Å². The predicted molar refractivity (Wildman–Crippen MR) is 93.0 cm³/mol. The summed E-state index contributed by atoms with van der Waals surface area (Å²) in [6.07, 6.45) is 4.29. The topological polar surface area (TPSA) is 24.9 Å². The quantitative estimate of drug-likeness (QED) is 0.804. The van der Waals surface area contributed by atoms with Crippen molar-refractivity contribution in [1.29, 1.82) is 0 Å². The Morgan fingerprint density at radius 2 is 2.29 bits per heavy atom. The minimum atomic E-state index is 0.463. The fraction of sp³-hybridized carbons (Fsp3) is 0.353. The molecule has 1 aliphatic rings. The van der Waals surface area contributed by atoms with Crippen molar-refractivity contribution in [2.75, 3.05) is 12.8 Å². The molecule has 4 heteroatoms. The van der Waals surface area contributed by atoms with Crippen LogP contribution in [-0.4, -0.2) is 23.8 Å². The zero-order chi connectivity index (χ0) is 14.7. The Balaban J connectivity index is 1.69. The summed E-state index contributed by atoms with van der Waals surface area (Å²) in [5, 5.41) is 3.50. The normalized spacial score (nSPS) is 18.5. The molecule has 0 amide bonds. The van der Waals surface area contributed by atoms with Crippen LogP contribution in [0.3, 0.4) is 0 Å². The summed E-state index contributed by atoms with van der Waals surface area (Å²) in [7, 11) is 2.06. The molecule has 2 atom stereocenters. The van der Waals surface area contributed by atoms with Crippen molar-refractivity contribution in [2.45, 2.75) is 29.7 Å². The molecule has 0 saturated heterocycles. The highest BCUT2D eigenvalue weighted by molar-refractivity contribution is 9.10. The third kappa shape index (κ3) is 3.50. The fourth-order valence-electron chi connectivity index (χ4n) is 2.98. The Morgan fingerprint density at radius 3 is 3.10 bits per heavy atom. The lowest BCUT2D eigenvalue weighted by Crippen LogP contribution is -2.33. The molecule has 1 N–H and O–H groups in total. The van der Waals surface area contributed by atoms with Crippen LogP contribution in [0.4, 0.5) is 0 Å². The minimum Gasteiger partial charge on any atom is -0.315 e. The monoisotopic (exact) mass is 362 g/mol. The van der Waals surface area contributed by atoms with Crippen molar-refractivity contribution in [3.05, 3.63) is 58.3 Å². The third-order valence-electron chi connectivity index (χ3n) is 4.08. The third-order valence-corrected chi connectivity index (χ3v) is 5.69. The second kappa shape index (κ2) is 6.95. The number of likely N-dealkylation sites (N-methyl/N-ethyl adjacent to an activating group) is 1. The zero-order valence-electron chi connectivity index (χ0n) is 12.1. The van der Waals surface area contributed by atoms with Gasteiger partial charge >= 0.3 is 0 Å². The molecule has 1 aromatic carbocycles. The number of thioether (sulfide) groups is 1. The second-order valence-corrected chi connectivity index (χ2v) is 7.37. The van der Waals surface area contributed by atoms with E-state index in [9.17, 15) is 0 Å². The largest absolute Gasteiger partial charge is 0.315 e. The van der Waals surface area contributed by atoms with Gasteiger partial charge in [0.05, 0.1) is 0 Å². The van der Waals surface area contributed by atoms with Gasteiger partial charge in [-0.2, -0.15) is 0 Å². The summed E-state index contributed by atoms with van der Waals surface area (Å²) in [6, 6.07) is 13.2. The van der Waals surface area contributed by atoms with E-state index in [1.165, 1.54) is 22.6 Å². The van der Waals surface area contributed by atoms with Gasteiger partial charge in [0.15, 0.2) is 0 Å². The van der Waals surface area contributed by atoms with Crippen molar-refractivity contribution in [1.82, 2.24) is 10.3 Å². The van der Waals surface area contributed by atoms with E-state index in [-0.39, 0.29) is 0 Å². The number of nitrogens with zero attached hydrogens (tertiary/aromatic N) is 1. The predicted octanol–water partition coefficient (Wildman–Crippen LogP) is 4.25. The van der Waals surface area contributed by atoms with E-state index in [2.05, 4.69) is 63.6 Å². The molecule has 0 saturated carbocycles. The lowest BCUT2D eigenvalue weighted by molar-refractivity contribution is 0.491. The number of rotatable bonds is 5. The van der Waals surface area contributed by atoms with E-state index >= 15 is 0 Å². The molecule has 3 rings (SSSR count). The number of hydrogen-bond donors (Lipinski definition) is 1. The average molecular weight is 363 g/mol. The summed E-state index contributed by atoms with van der Waals surface area (Å²) in [4.78, 5) is 5.93. The maximum atomic E-state index is 4.62. The summed E-state index contributed by atoms with van der Waals surface area (Å²) in [5.41, 5.74) is 2.72. The molecule has 2 unspecified atom stereocenters. The van der Waals surface area contributed by atoms with Gasteiger partial charge in [0, 0.05) is 39.0 Å². The van der Waals surface area contributed by atoms with Crippen LogP contribution in [0.25, 0.3) is 0 Å². The van der Waals surface area contributed by atoms with E-state index in [0.29, 0.717) is 12.0 Å². The first-order valence-electron chi connectivity index (χ1n) is 7.27. The van der Waals surface area contributed by atoms with Crippen LogP contribution in [0.15, 0.2) is 52.0 Å². The molecule has 110 valence electrons. The van der Waals surface area contributed by atoms with E-state index in [0.717, 1.165) is 16.6 Å². The van der Waals surface area contributed by atoms with Gasteiger partial charge in [0.1, 0.15) is 0 Å². The first-order chi connectivity index (χ1) is 10.3. The molecule has 21 heavy (non-hydrogen) atoms. The van der Waals surface area contributed by atoms with Crippen molar-refractivity contribution in [3.63, 3.8) is 0 Å². The number of hydrogen-bond acceptors (Lipinski definition) is 3. The number of nitrogens with one attached hydrogen (secondary N) is 1. The van der Waals surface area contributed by atoms with Gasteiger partial charge < -0.3 is 5.32 Å². The van der Waals surface area contributed by atoms with Gasteiger partial charge in [0.25, 0.3) is 0 Å². The standard InChI is InChI=1S/C17H19BrN2S/c1-19-16(11-21-14-6-2-5-13(18)10-14)15-8-7-12-4-3-9-20-17(12)15/h2-6,9-10,15-16,19H,7-8,11H2,1H3. The number of pyridine rings is 1. The Hall–Kier alpha value is -0.840. The van der Waals surface area contributed by atoms with Gasteiger partial charge in [-0.3, -0.25) is 4.98 Å². The molecule has 0 radical (unpaired) electrons. The molecular weight excluding hydrogens is 344 g/mol. The van der Waals surface area contributed by atoms with Gasteiger partial charge in [-0.1, -0.05) is 28.1 Å². The maximum absolute atomic E-state index is 4.62. The Morgan fingerprint density at radius 1 is 1.38 bits per heavy atom. The molecule has 0 fully saturated rings. The number of fused-ring (bicyclic) bond motifs is 1. The van der Waals surface area contributed by atoms with E-state index in [4.69, 9.17) is 0 Å². The van der Waals surface area contributed by atoms with E-state index in [1.54, 1.807) is 0 Å². The molecule has 1 aromatic heterocycles. The van der Waals surface area contributed by atoms with E-state index < -0.39 is 0 Å². The van der Waals surface area contributed by atoms with Crippen molar-refractivity contribution >= 4 is 27.7 Å². The van der Waals surface area contributed by atoms with Crippen LogP contribution in [0, 0.1) is 0 Å². The first-order valence-corrected chi connectivity index (χ1v) is 9.05. The van der Waals surface area contributed by atoms with E-state index in [1.807, 2.05) is 24.0 Å². The Kier molecular flexibility index (Phi) is 4.99. The summed E-state index contributed by atoms with van der Waals surface area (Å²) in [6.45, 7) is 0. The maximum Gasteiger partial charge on any atom is 0.0482 e. The summed E-state index contributed by atoms with van der Waals surface area (Å²) < 4.78 is 1.14. The molecular formula is C17H19BrN2S. The Bertz CT molecular complexity index is 617. The van der Waals surface area contributed by atoms with Crippen molar-refractivity contribution in [2.24, 2.45) is 0 Å². The van der Waals surface area contributed by atoms with Gasteiger partial charge in [0.2, 0.25) is 0 Å².